The van der Waals surface area contributed by atoms with Crippen molar-refractivity contribution in [3.63, 3.8) is 0 Å². The highest BCUT2D eigenvalue weighted by Gasteiger charge is 2.29. The number of benzene rings is 1. The van der Waals surface area contributed by atoms with Crippen molar-refractivity contribution in [2.75, 3.05) is 13.1 Å². The zero-order chi connectivity index (χ0) is 15.2. The van der Waals surface area contributed by atoms with E-state index in [0.717, 1.165) is 31.8 Å². The summed E-state index contributed by atoms with van der Waals surface area (Å²) in [6, 6.07) is 11.0. The third kappa shape index (κ3) is 5.22. The Bertz CT molecular complexity index is 474. The highest BCUT2D eigenvalue weighted by atomic mass is 35.5. The number of rotatable bonds is 5. The molecule has 0 aromatic heterocycles. The molecule has 2 aliphatic rings. The van der Waals surface area contributed by atoms with Crippen LogP contribution in [0, 0.1) is 5.92 Å². The van der Waals surface area contributed by atoms with E-state index in [2.05, 4.69) is 41.0 Å². The van der Waals surface area contributed by atoms with E-state index < -0.39 is 0 Å². The fraction of sp³-hybridized carbons (Fsp3) is 0.632. The number of piperidine rings is 1. The van der Waals surface area contributed by atoms with Crippen LogP contribution in [0.3, 0.4) is 0 Å². The first kappa shape index (κ1) is 18.3. The Morgan fingerprint density at radius 3 is 2.57 bits per heavy atom. The van der Waals surface area contributed by atoms with Crippen molar-refractivity contribution in [3.05, 3.63) is 35.9 Å². The number of amides is 1. The number of carbonyl (C=O) groups excluding carboxylic acids is 1. The Morgan fingerprint density at radius 1 is 1.09 bits per heavy atom. The van der Waals surface area contributed by atoms with Gasteiger partial charge in [-0.2, -0.15) is 0 Å². The molecule has 0 bridgehead atoms. The monoisotopic (exact) mass is 336 g/mol. The zero-order valence-electron chi connectivity index (χ0n) is 13.8. The molecule has 23 heavy (non-hydrogen) atoms. The van der Waals surface area contributed by atoms with Gasteiger partial charge < -0.3 is 10.6 Å². The summed E-state index contributed by atoms with van der Waals surface area (Å²) in [5, 5.41) is 6.70. The van der Waals surface area contributed by atoms with Crippen LogP contribution in [0.1, 0.15) is 56.4 Å². The van der Waals surface area contributed by atoms with Crippen molar-refractivity contribution in [2.45, 2.75) is 56.9 Å². The van der Waals surface area contributed by atoms with Crippen LogP contribution in [-0.4, -0.2) is 25.0 Å². The quantitative estimate of drug-likeness (QED) is 0.862. The summed E-state index contributed by atoms with van der Waals surface area (Å²) in [6.07, 6.45) is 7.74. The summed E-state index contributed by atoms with van der Waals surface area (Å²) in [4.78, 5) is 12.3. The van der Waals surface area contributed by atoms with Crippen LogP contribution in [0.4, 0.5) is 0 Å². The van der Waals surface area contributed by atoms with Gasteiger partial charge in [-0.25, -0.2) is 0 Å². The molecule has 1 amide bonds. The average molecular weight is 337 g/mol. The molecule has 3 rings (SSSR count). The van der Waals surface area contributed by atoms with Crippen molar-refractivity contribution in [2.24, 2.45) is 5.92 Å². The van der Waals surface area contributed by atoms with Crippen LogP contribution < -0.4 is 10.6 Å². The van der Waals surface area contributed by atoms with E-state index in [1.165, 1.54) is 31.2 Å². The van der Waals surface area contributed by atoms with Crippen LogP contribution in [-0.2, 0) is 4.79 Å². The molecule has 1 heterocycles. The molecule has 2 atom stereocenters. The van der Waals surface area contributed by atoms with E-state index in [4.69, 9.17) is 0 Å². The van der Waals surface area contributed by atoms with Gasteiger partial charge in [-0.3, -0.25) is 4.79 Å². The molecule has 1 aliphatic heterocycles. The third-order valence-corrected chi connectivity index (χ3v) is 5.33. The predicted molar refractivity (Wildman–Crippen MR) is 97.0 cm³/mol. The summed E-state index contributed by atoms with van der Waals surface area (Å²) in [5.74, 6) is 1.50. The van der Waals surface area contributed by atoms with Gasteiger partial charge in [0.2, 0.25) is 5.91 Å². The van der Waals surface area contributed by atoms with Crippen molar-refractivity contribution >= 4 is 18.3 Å². The number of hydrogen-bond donors (Lipinski definition) is 2. The Balaban J connectivity index is 0.00000192. The predicted octanol–water partition coefficient (Wildman–Crippen LogP) is 3.64. The molecule has 1 saturated carbocycles. The smallest absolute Gasteiger partial charge is 0.220 e. The van der Waals surface area contributed by atoms with E-state index in [1.54, 1.807) is 0 Å². The van der Waals surface area contributed by atoms with Crippen molar-refractivity contribution < 1.29 is 4.79 Å². The SMILES string of the molecule is Cl.O=C(CCC1CCNCC1)NC1CCCC1c1ccccc1. The van der Waals surface area contributed by atoms with Gasteiger partial charge in [0.05, 0.1) is 0 Å². The summed E-state index contributed by atoms with van der Waals surface area (Å²) in [5.41, 5.74) is 1.38. The molecule has 1 aromatic carbocycles. The minimum atomic E-state index is 0. The lowest BCUT2D eigenvalue weighted by Crippen LogP contribution is -2.37. The molecule has 3 nitrogen and oxygen atoms in total. The number of carbonyl (C=O) groups is 1. The molecule has 1 aliphatic carbocycles. The summed E-state index contributed by atoms with van der Waals surface area (Å²) >= 11 is 0. The van der Waals surface area contributed by atoms with Gasteiger partial charge in [-0.05, 0) is 56.7 Å². The van der Waals surface area contributed by atoms with Crippen LogP contribution in [0.5, 0.6) is 0 Å². The standard InChI is InChI=1S/C19H28N2O.ClH/c22-19(10-9-15-11-13-20-14-12-15)21-18-8-4-7-17(18)16-5-2-1-3-6-16;/h1-3,5-6,15,17-18,20H,4,7-14H2,(H,21,22);1H. The first-order chi connectivity index (χ1) is 10.8. The minimum absolute atomic E-state index is 0. The average Bonchev–Trinajstić information content (AvgIpc) is 3.03. The molecule has 4 heteroatoms. The topological polar surface area (TPSA) is 41.1 Å². The van der Waals surface area contributed by atoms with E-state index in [-0.39, 0.29) is 18.3 Å². The maximum absolute atomic E-state index is 12.3. The molecule has 2 unspecified atom stereocenters. The van der Waals surface area contributed by atoms with Crippen LogP contribution in [0.15, 0.2) is 30.3 Å². The summed E-state index contributed by atoms with van der Waals surface area (Å²) in [6.45, 7) is 2.23. The molecule has 0 radical (unpaired) electrons. The first-order valence-corrected chi connectivity index (χ1v) is 8.88. The van der Waals surface area contributed by atoms with Gasteiger partial charge in [0, 0.05) is 18.4 Å². The Hall–Kier alpha value is -1.06. The summed E-state index contributed by atoms with van der Waals surface area (Å²) < 4.78 is 0. The Kier molecular flexibility index (Phi) is 7.38. The normalized spacial score (nSPS) is 24.9. The second-order valence-corrected chi connectivity index (χ2v) is 6.85. The minimum Gasteiger partial charge on any atom is -0.353 e. The van der Waals surface area contributed by atoms with E-state index >= 15 is 0 Å². The zero-order valence-corrected chi connectivity index (χ0v) is 14.6. The molecular formula is C19H29ClN2O. The van der Waals surface area contributed by atoms with Crippen molar-refractivity contribution in [1.29, 1.82) is 0 Å². The highest BCUT2D eigenvalue weighted by Crippen LogP contribution is 2.34. The lowest BCUT2D eigenvalue weighted by molar-refractivity contribution is -0.122. The van der Waals surface area contributed by atoms with Crippen molar-refractivity contribution in [3.8, 4) is 0 Å². The van der Waals surface area contributed by atoms with Crippen molar-refractivity contribution in [1.82, 2.24) is 10.6 Å². The Morgan fingerprint density at radius 2 is 1.83 bits per heavy atom. The largest absolute Gasteiger partial charge is 0.353 e. The first-order valence-electron chi connectivity index (χ1n) is 8.88. The third-order valence-electron chi connectivity index (χ3n) is 5.33. The maximum atomic E-state index is 12.3. The van der Waals surface area contributed by atoms with E-state index in [9.17, 15) is 4.79 Å². The number of nitrogens with one attached hydrogen (secondary N) is 2. The summed E-state index contributed by atoms with van der Waals surface area (Å²) in [7, 11) is 0. The van der Waals surface area contributed by atoms with Gasteiger partial charge in [-0.15, -0.1) is 12.4 Å². The van der Waals surface area contributed by atoms with Crippen LogP contribution in [0.25, 0.3) is 0 Å². The fourth-order valence-corrected chi connectivity index (χ4v) is 4.02. The molecule has 1 aromatic rings. The van der Waals surface area contributed by atoms with Gasteiger partial charge in [0.25, 0.3) is 0 Å². The van der Waals surface area contributed by atoms with Gasteiger partial charge in [-0.1, -0.05) is 36.8 Å². The molecular weight excluding hydrogens is 308 g/mol. The Labute approximate surface area is 146 Å². The van der Waals surface area contributed by atoms with Gasteiger partial charge in [0.1, 0.15) is 0 Å². The number of hydrogen-bond acceptors (Lipinski definition) is 2. The second kappa shape index (κ2) is 9.29. The van der Waals surface area contributed by atoms with E-state index in [0.29, 0.717) is 18.4 Å². The fourth-order valence-electron chi connectivity index (χ4n) is 4.02. The molecule has 0 spiro atoms. The lowest BCUT2D eigenvalue weighted by Gasteiger charge is -2.24. The van der Waals surface area contributed by atoms with Gasteiger partial charge in [0.15, 0.2) is 0 Å². The second-order valence-electron chi connectivity index (χ2n) is 6.85. The van der Waals surface area contributed by atoms with Crippen LogP contribution in [0.2, 0.25) is 0 Å². The van der Waals surface area contributed by atoms with E-state index in [1.807, 2.05) is 0 Å². The molecule has 2 N–H and O–H groups in total. The van der Waals surface area contributed by atoms with Gasteiger partial charge >= 0.3 is 0 Å². The maximum Gasteiger partial charge on any atom is 0.220 e. The number of halogens is 1. The lowest BCUT2D eigenvalue weighted by atomic mass is 9.92. The molecule has 2 fully saturated rings. The molecule has 1 saturated heterocycles. The molecule has 128 valence electrons. The highest BCUT2D eigenvalue weighted by molar-refractivity contribution is 5.85. The van der Waals surface area contributed by atoms with Crippen LogP contribution >= 0.6 is 12.4 Å².